The lowest BCUT2D eigenvalue weighted by Crippen LogP contribution is -2.14. The van der Waals surface area contributed by atoms with Crippen molar-refractivity contribution in [2.75, 3.05) is 0 Å². The first-order valence-corrected chi connectivity index (χ1v) is 16.6. The van der Waals surface area contributed by atoms with Gasteiger partial charge < -0.3 is 8.98 Å². The van der Waals surface area contributed by atoms with E-state index in [9.17, 15) is 0 Å². The van der Waals surface area contributed by atoms with Crippen molar-refractivity contribution in [1.82, 2.24) is 19.5 Å². The number of hydrogen-bond donors (Lipinski definition) is 0. The normalized spacial score (nSPS) is 13.3. The molecule has 6 aromatic carbocycles. The predicted molar refractivity (Wildman–Crippen MR) is 198 cm³/mol. The molecular formula is C44H30N4O. The number of hydrogen-bond acceptors (Lipinski definition) is 4. The van der Waals surface area contributed by atoms with Gasteiger partial charge in [-0.2, -0.15) is 0 Å². The number of fused-ring (bicyclic) bond motifs is 8. The number of furan rings is 1. The van der Waals surface area contributed by atoms with Gasteiger partial charge in [0.25, 0.3) is 0 Å². The minimum absolute atomic E-state index is 0.137. The van der Waals surface area contributed by atoms with Crippen LogP contribution in [0.25, 0.3) is 83.9 Å². The molecule has 0 radical (unpaired) electrons. The molecule has 5 heteroatoms. The van der Waals surface area contributed by atoms with Crippen LogP contribution in [0, 0.1) is 0 Å². The smallest absolute Gasteiger partial charge is 0.167 e. The molecule has 232 valence electrons. The number of para-hydroxylation sites is 2. The first kappa shape index (κ1) is 27.8. The lowest BCUT2D eigenvalue weighted by atomic mass is 9.81. The summed E-state index contributed by atoms with van der Waals surface area (Å²) in [5.74, 6) is 1.81. The van der Waals surface area contributed by atoms with Crippen molar-refractivity contribution < 1.29 is 4.42 Å². The molecule has 0 saturated carbocycles. The largest absolute Gasteiger partial charge is 0.455 e. The van der Waals surface area contributed by atoms with Gasteiger partial charge in [0.1, 0.15) is 11.2 Å². The fraction of sp³-hybridized carbons (Fsp3) is 0.0682. The van der Waals surface area contributed by atoms with Gasteiger partial charge in [-0.25, -0.2) is 15.0 Å². The van der Waals surface area contributed by atoms with E-state index in [0.717, 1.165) is 44.3 Å². The lowest BCUT2D eigenvalue weighted by molar-refractivity contribution is 0.666. The van der Waals surface area contributed by atoms with Crippen LogP contribution in [-0.4, -0.2) is 19.5 Å². The monoisotopic (exact) mass is 630 g/mol. The van der Waals surface area contributed by atoms with E-state index in [0.29, 0.717) is 17.5 Å². The van der Waals surface area contributed by atoms with Crippen molar-refractivity contribution in [1.29, 1.82) is 0 Å². The molecule has 3 aromatic heterocycles. The highest BCUT2D eigenvalue weighted by Crippen LogP contribution is 2.54. The summed E-state index contributed by atoms with van der Waals surface area (Å²) in [4.78, 5) is 15.0. The minimum atomic E-state index is -0.137. The number of rotatable bonds is 4. The summed E-state index contributed by atoms with van der Waals surface area (Å²) in [5.41, 5.74) is 11.6. The van der Waals surface area contributed by atoms with Crippen LogP contribution in [0.4, 0.5) is 0 Å². The Kier molecular flexibility index (Phi) is 5.85. The topological polar surface area (TPSA) is 56.7 Å². The van der Waals surface area contributed by atoms with Gasteiger partial charge in [-0.1, -0.05) is 135 Å². The van der Waals surface area contributed by atoms with Crippen LogP contribution < -0.4 is 0 Å². The van der Waals surface area contributed by atoms with E-state index in [2.05, 4.69) is 97.3 Å². The second-order valence-electron chi connectivity index (χ2n) is 13.2. The van der Waals surface area contributed by atoms with Gasteiger partial charge in [-0.15, -0.1) is 0 Å². The van der Waals surface area contributed by atoms with Crippen LogP contribution in [0.15, 0.2) is 150 Å². The average molecular weight is 631 g/mol. The maximum atomic E-state index is 6.80. The van der Waals surface area contributed by atoms with Gasteiger partial charge >= 0.3 is 0 Å². The maximum Gasteiger partial charge on any atom is 0.167 e. The fourth-order valence-electron chi connectivity index (χ4n) is 7.87. The third-order valence-corrected chi connectivity index (χ3v) is 10.0. The van der Waals surface area contributed by atoms with Crippen LogP contribution in [0.3, 0.4) is 0 Å². The SMILES string of the molecule is CC1(C)c2ccccc2-c2c1c1ccccc1n2-c1cccc2oc3c(-c4nc(-c5ccccc5)nc(-c5ccccc5)n4)cccc3c12. The minimum Gasteiger partial charge on any atom is -0.455 e. The molecule has 0 N–H and O–H groups in total. The molecule has 3 heterocycles. The van der Waals surface area contributed by atoms with Gasteiger partial charge in [0.05, 0.1) is 27.8 Å². The van der Waals surface area contributed by atoms with Crippen molar-refractivity contribution in [3.8, 4) is 51.1 Å². The summed E-state index contributed by atoms with van der Waals surface area (Å²) in [5, 5.41) is 3.35. The highest BCUT2D eigenvalue weighted by Gasteiger charge is 2.40. The number of benzene rings is 6. The fourth-order valence-corrected chi connectivity index (χ4v) is 7.87. The Bertz CT molecular complexity index is 2680. The molecule has 1 aliphatic carbocycles. The second-order valence-corrected chi connectivity index (χ2v) is 13.2. The predicted octanol–water partition coefficient (Wildman–Crippen LogP) is 11.0. The molecule has 5 nitrogen and oxygen atoms in total. The third-order valence-electron chi connectivity index (χ3n) is 10.0. The van der Waals surface area contributed by atoms with Gasteiger partial charge in [0, 0.05) is 32.9 Å². The Morgan fingerprint density at radius 2 is 1.12 bits per heavy atom. The summed E-state index contributed by atoms with van der Waals surface area (Å²) in [7, 11) is 0. The van der Waals surface area contributed by atoms with Crippen LogP contribution >= 0.6 is 0 Å². The van der Waals surface area contributed by atoms with Crippen LogP contribution in [0.2, 0.25) is 0 Å². The van der Waals surface area contributed by atoms with E-state index < -0.39 is 0 Å². The van der Waals surface area contributed by atoms with Crippen LogP contribution in [0.1, 0.15) is 25.0 Å². The highest BCUT2D eigenvalue weighted by atomic mass is 16.3. The van der Waals surface area contributed by atoms with Crippen LogP contribution in [0.5, 0.6) is 0 Å². The van der Waals surface area contributed by atoms with E-state index in [1.807, 2.05) is 66.7 Å². The van der Waals surface area contributed by atoms with Gasteiger partial charge in [0.15, 0.2) is 17.5 Å². The molecule has 0 bridgehead atoms. The van der Waals surface area contributed by atoms with Crippen molar-refractivity contribution in [2.45, 2.75) is 19.3 Å². The van der Waals surface area contributed by atoms with Crippen molar-refractivity contribution in [3.63, 3.8) is 0 Å². The summed E-state index contributed by atoms with van der Waals surface area (Å²) in [6.07, 6.45) is 0. The molecule has 49 heavy (non-hydrogen) atoms. The molecule has 10 rings (SSSR count). The molecule has 0 atom stereocenters. The molecule has 0 fully saturated rings. The highest BCUT2D eigenvalue weighted by molar-refractivity contribution is 6.14. The van der Waals surface area contributed by atoms with Gasteiger partial charge in [-0.3, -0.25) is 0 Å². The van der Waals surface area contributed by atoms with E-state index in [1.54, 1.807) is 0 Å². The second kappa shape index (κ2) is 10.3. The number of aromatic nitrogens is 4. The quantitative estimate of drug-likeness (QED) is 0.194. The first-order chi connectivity index (χ1) is 24.1. The Hall–Kier alpha value is -6.33. The Morgan fingerprint density at radius 3 is 1.88 bits per heavy atom. The molecular weight excluding hydrogens is 601 g/mol. The maximum absolute atomic E-state index is 6.80. The molecule has 1 aliphatic rings. The van der Waals surface area contributed by atoms with E-state index >= 15 is 0 Å². The Morgan fingerprint density at radius 1 is 0.531 bits per heavy atom. The Labute approximate surface area is 283 Å². The molecule has 0 spiro atoms. The van der Waals surface area contributed by atoms with Crippen LogP contribution in [-0.2, 0) is 5.41 Å². The van der Waals surface area contributed by atoms with Gasteiger partial charge in [0.2, 0.25) is 0 Å². The van der Waals surface area contributed by atoms with Gasteiger partial charge in [-0.05, 0) is 35.4 Å². The first-order valence-electron chi connectivity index (χ1n) is 16.6. The zero-order valence-electron chi connectivity index (χ0n) is 27.1. The summed E-state index contributed by atoms with van der Waals surface area (Å²) < 4.78 is 9.25. The molecule has 9 aromatic rings. The van der Waals surface area contributed by atoms with Crippen molar-refractivity contribution >= 4 is 32.8 Å². The molecule has 0 saturated heterocycles. The van der Waals surface area contributed by atoms with E-state index in [1.165, 1.54) is 33.3 Å². The number of nitrogens with zero attached hydrogens (tertiary/aromatic N) is 4. The standard InChI is InChI=1S/C44H30N4O/c1-44(2)33-23-11-9-19-29(33)39-38(44)30-20-10-12-24-34(30)48(39)35-25-14-26-36-37(35)31-21-13-22-32(40(31)49-36)43-46-41(27-15-5-3-6-16-27)45-42(47-43)28-17-7-4-8-18-28/h3-26H,1-2H3. The van der Waals surface area contributed by atoms with Crippen molar-refractivity contribution in [2.24, 2.45) is 0 Å². The zero-order valence-corrected chi connectivity index (χ0v) is 27.1. The zero-order chi connectivity index (χ0) is 32.7. The van der Waals surface area contributed by atoms with Crippen molar-refractivity contribution in [3.05, 3.63) is 157 Å². The van der Waals surface area contributed by atoms with E-state index in [-0.39, 0.29) is 5.41 Å². The molecule has 0 amide bonds. The summed E-state index contributed by atoms with van der Waals surface area (Å²) >= 11 is 0. The molecule has 0 unspecified atom stereocenters. The third kappa shape index (κ3) is 4.02. The lowest BCUT2D eigenvalue weighted by Gasteiger charge is -2.21. The average Bonchev–Trinajstić information content (AvgIpc) is 3.79. The molecule has 0 aliphatic heterocycles. The summed E-state index contributed by atoms with van der Waals surface area (Å²) in [6.45, 7) is 4.69. The Balaban J connectivity index is 1.25. The summed E-state index contributed by atoms with van der Waals surface area (Å²) in [6, 6.07) is 50.4. The van der Waals surface area contributed by atoms with E-state index in [4.69, 9.17) is 19.4 Å².